The van der Waals surface area contributed by atoms with Crippen molar-refractivity contribution in [2.24, 2.45) is 0 Å². The Labute approximate surface area is 162 Å². The molecule has 0 fully saturated rings. The maximum absolute atomic E-state index is 12.3. The van der Waals surface area contributed by atoms with Crippen LogP contribution in [-0.4, -0.2) is 22.4 Å². The van der Waals surface area contributed by atoms with Crippen LogP contribution in [0.2, 0.25) is 0 Å². The van der Waals surface area contributed by atoms with Gasteiger partial charge in [-0.05, 0) is 43.3 Å². The molecule has 6 heteroatoms. The standard InChI is InChI=1S/C22H21N3O3/c1-15-6-8-16(9-7-15)27-14-17-10-11-20(28-17)22(26)23-13-12-21-24-18-4-2-3-5-19(18)25-21/h2-11H,12-14H2,1H3,(H,23,26)(H,24,25). The van der Waals surface area contributed by atoms with Gasteiger partial charge >= 0.3 is 0 Å². The van der Waals surface area contributed by atoms with Gasteiger partial charge in [-0.15, -0.1) is 0 Å². The van der Waals surface area contributed by atoms with E-state index >= 15 is 0 Å². The summed E-state index contributed by atoms with van der Waals surface area (Å²) in [7, 11) is 0. The second-order valence-electron chi connectivity index (χ2n) is 6.57. The number of amides is 1. The fraction of sp³-hybridized carbons (Fsp3) is 0.182. The van der Waals surface area contributed by atoms with Crippen molar-refractivity contribution in [1.29, 1.82) is 0 Å². The predicted octanol–water partition coefficient (Wildman–Crippen LogP) is 4.02. The second kappa shape index (κ2) is 8.00. The molecule has 1 amide bonds. The molecule has 142 valence electrons. The fourth-order valence-electron chi connectivity index (χ4n) is 2.87. The molecule has 4 rings (SSSR count). The maximum Gasteiger partial charge on any atom is 0.287 e. The van der Waals surface area contributed by atoms with Crippen molar-refractivity contribution in [2.45, 2.75) is 20.0 Å². The number of para-hydroxylation sites is 2. The molecule has 2 N–H and O–H groups in total. The Kier molecular flexibility index (Phi) is 5.10. The molecule has 0 aliphatic heterocycles. The minimum atomic E-state index is -0.252. The maximum atomic E-state index is 12.3. The monoisotopic (exact) mass is 375 g/mol. The number of imidazole rings is 1. The number of furan rings is 1. The average Bonchev–Trinajstić information content (AvgIpc) is 3.34. The molecule has 0 aliphatic carbocycles. The van der Waals surface area contributed by atoms with Gasteiger partial charge in [-0.1, -0.05) is 29.8 Å². The number of nitrogens with zero attached hydrogens (tertiary/aromatic N) is 1. The third kappa shape index (κ3) is 4.23. The van der Waals surface area contributed by atoms with Crippen LogP contribution in [0.1, 0.15) is 27.7 Å². The Balaban J connectivity index is 1.27. The largest absolute Gasteiger partial charge is 0.486 e. The van der Waals surface area contributed by atoms with Gasteiger partial charge in [-0.3, -0.25) is 4.79 Å². The number of fused-ring (bicyclic) bond motifs is 1. The summed E-state index contributed by atoms with van der Waals surface area (Å²) >= 11 is 0. The molecule has 28 heavy (non-hydrogen) atoms. The van der Waals surface area contributed by atoms with E-state index in [4.69, 9.17) is 9.15 Å². The summed E-state index contributed by atoms with van der Waals surface area (Å²) in [6.07, 6.45) is 0.616. The normalized spacial score (nSPS) is 10.9. The number of hydrogen-bond acceptors (Lipinski definition) is 4. The molecular weight excluding hydrogens is 354 g/mol. The van der Waals surface area contributed by atoms with Crippen LogP contribution in [-0.2, 0) is 13.0 Å². The second-order valence-corrected chi connectivity index (χ2v) is 6.57. The van der Waals surface area contributed by atoms with Crippen LogP contribution in [0.25, 0.3) is 11.0 Å². The van der Waals surface area contributed by atoms with E-state index in [0.717, 1.165) is 22.6 Å². The lowest BCUT2D eigenvalue weighted by molar-refractivity contribution is 0.0922. The van der Waals surface area contributed by atoms with Crippen molar-refractivity contribution in [3.05, 3.63) is 83.6 Å². The van der Waals surface area contributed by atoms with E-state index in [1.54, 1.807) is 12.1 Å². The summed E-state index contributed by atoms with van der Waals surface area (Å²) in [5, 5.41) is 2.85. The summed E-state index contributed by atoms with van der Waals surface area (Å²) in [5.41, 5.74) is 3.09. The van der Waals surface area contributed by atoms with Crippen molar-refractivity contribution >= 4 is 16.9 Å². The van der Waals surface area contributed by atoms with Crippen LogP contribution >= 0.6 is 0 Å². The quantitative estimate of drug-likeness (QED) is 0.511. The summed E-state index contributed by atoms with van der Waals surface area (Å²) in [6.45, 7) is 2.76. The van der Waals surface area contributed by atoms with Gasteiger partial charge in [0, 0.05) is 13.0 Å². The van der Waals surface area contributed by atoms with Crippen LogP contribution in [0.5, 0.6) is 5.75 Å². The molecular formula is C22H21N3O3. The molecule has 0 radical (unpaired) electrons. The number of ether oxygens (including phenoxy) is 1. The summed E-state index contributed by atoms with van der Waals surface area (Å²) in [6, 6.07) is 19.0. The SMILES string of the molecule is Cc1ccc(OCc2ccc(C(=O)NCCc3nc4ccccc4[nH]3)o2)cc1. The number of aromatic nitrogens is 2. The third-order valence-corrected chi connectivity index (χ3v) is 4.37. The van der Waals surface area contributed by atoms with Crippen molar-refractivity contribution < 1.29 is 13.9 Å². The first-order valence-corrected chi connectivity index (χ1v) is 9.17. The molecule has 0 aliphatic rings. The van der Waals surface area contributed by atoms with E-state index in [2.05, 4.69) is 15.3 Å². The highest BCUT2D eigenvalue weighted by Gasteiger charge is 2.11. The Morgan fingerprint density at radius 2 is 1.93 bits per heavy atom. The topological polar surface area (TPSA) is 80.1 Å². The number of benzene rings is 2. The first kappa shape index (κ1) is 17.9. The molecule has 4 aromatic rings. The van der Waals surface area contributed by atoms with Crippen molar-refractivity contribution in [3.63, 3.8) is 0 Å². The molecule has 0 bridgehead atoms. The predicted molar refractivity (Wildman–Crippen MR) is 106 cm³/mol. The number of aryl methyl sites for hydroxylation is 1. The van der Waals surface area contributed by atoms with Crippen molar-refractivity contribution in [3.8, 4) is 5.75 Å². The number of hydrogen-bond donors (Lipinski definition) is 2. The van der Waals surface area contributed by atoms with E-state index in [1.165, 1.54) is 5.56 Å². The molecule has 2 heterocycles. The lowest BCUT2D eigenvalue weighted by atomic mass is 10.2. The Morgan fingerprint density at radius 1 is 1.11 bits per heavy atom. The number of carbonyl (C=O) groups is 1. The van der Waals surface area contributed by atoms with Gasteiger partial charge in [-0.25, -0.2) is 4.98 Å². The summed E-state index contributed by atoms with van der Waals surface area (Å²) in [4.78, 5) is 20.0. The Hall–Kier alpha value is -3.54. The summed E-state index contributed by atoms with van der Waals surface area (Å²) < 4.78 is 11.3. The zero-order valence-corrected chi connectivity index (χ0v) is 15.6. The number of aromatic amines is 1. The zero-order chi connectivity index (χ0) is 19.3. The minimum Gasteiger partial charge on any atom is -0.486 e. The molecule has 0 saturated carbocycles. The van der Waals surface area contributed by atoms with Crippen LogP contribution in [0.3, 0.4) is 0 Å². The van der Waals surface area contributed by atoms with Crippen LogP contribution in [0.15, 0.2) is 65.1 Å². The van der Waals surface area contributed by atoms with Crippen LogP contribution in [0, 0.1) is 6.92 Å². The molecule has 2 aromatic carbocycles. The number of H-pyrrole nitrogens is 1. The van der Waals surface area contributed by atoms with Crippen molar-refractivity contribution in [1.82, 2.24) is 15.3 Å². The fourth-order valence-corrected chi connectivity index (χ4v) is 2.87. The van der Waals surface area contributed by atoms with Gasteiger partial charge in [0.25, 0.3) is 5.91 Å². The average molecular weight is 375 g/mol. The highest BCUT2D eigenvalue weighted by molar-refractivity contribution is 5.91. The van der Waals surface area contributed by atoms with Crippen molar-refractivity contribution in [2.75, 3.05) is 6.54 Å². The van der Waals surface area contributed by atoms with E-state index in [9.17, 15) is 4.79 Å². The van der Waals surface area contributed by atoms with E-state index in [1.807, 2.05) is 55.5 Å². The van der Waals surface area contributed by atoms with Crippen LogP contribution in [0.4, 0.5) is 0 Å². The van der Waals surface area contributed by atoms with Gasteiger partial charge in [0.15, 0.2) is 5.76 Å². The molecule has 6 nitrogen and oxygen atoms in total. The molecule has 2 aromatic heterocycles. The highest BCUT2D eigenvalue weighted by atomic mass is 16.5. The van der Waals surface area contributed by atoms with Gasteiger partial charge in [-0.2, -0.15) is 0 Å². The lowest BCUT2D eigenvalue weighted by Gasteiger charge is -2.04. The summed E-state index contributed by atoms with van der Waals surface area (Å²) in [5.74, 6) is 2.22. The van der Waals surface area contributed by atoms with E-state index in [-0.39, 0.29) is 18.3 Å². The molecule has 0 saturated heterocycles. The molecule has 0 spiro atoms. The zero-order valence-electron chi connectivity index (χ0n) is 15.6. The third-order valence-electron chi connectivity index (χ3n) is 4.37. The molecule has 0 unspecified atom stereocenters. The van der Waals surface area contributed by atoms with E-state index < -0.39 is 0 Å². The first-order chi connectivity index (χ1) is 13.7. The molecule has 0 atom stereocenters. The van der Waals surface area contributed by atoms with Gasteiger partial charge < -0.3 is 19.5 Å². The number of nitrogens with one attached hydrogen (secondary N) is 2. The highest BCUT2D eigenvalue weighted by Crippen LogP contribution is 2.15. The van der Waals surface area contributed by atoms with Crippen LogP contribution < -0.4 is 10.1 Å². The van der Waals surface area contributed by atoms with E-state index in [0.29, 0.717) is 18.7 Å². The number of rotatable bonds is 7. The first-order valence-electron chi connectivity index (χ1n) is 9.17. The number of carbonyl (C=O) groups excluding carboxylic acids is 1. The lowest BCUT2D eigenvalue weighted by Crippen LogP contribution is -2.25. The Bertz CT molecular complexity index is 1050. The Morgan fingerprint density at radius 3 is 2.75 bits per heavy atom. The van der Waals surface area contributed by atoms with Gasteiger partial charge in [0.1, 0.15) is 23.9 Å². The van der Waals surface area contributed by atoms with Gasteiger partial charge in [0.2, 0.25) is 0 Å². The van der Waals surface area contributed by atoms with Gasteiger partial charge in [0.05, 0.1) is 11.0 Å². The smallest absolute Gasteiger partial charge is 0.287 e. The minimum absolute atomic E-state index is 0.252.